The fraction of sp³-hybridized carbons (Fsp3) is 1.00. The lowest BCUT2D eigenvalue weighted by Crippen LogP contribution is -2.30. The molecule has 0 aliphatic carbocycles. The van der Waals surface area contributed by atoms with Gasteiger partial charge in [0.2, 0.25) is 0 Å². The molecule has 4 nitrogen and oxygen atoms in total. The van der Waals surface area contributed by atoms with Crippen LogP contribution in [0.4, 0.5) is 0 Å². The van der Waals surface area contributed by atoms with E-state index in [4.69, 9.17) is 12.6 Å². The van der Waals surface area contributed by atoms with Crippen molar-refractivity contribution in [3.8, 4) is 0 Å². The molecule has 1 aliphatic heterocycles. The van der Waals surface area contributed by atoms with E-state index in [1.807, 2.05) is 0 Å². The third-order valence-electron chi connectivity index (χ3n) is 1.56. The SMILES string of the molecule is CC1CCCCN1.O=S(=O)=O. The third-order valence-corrected chi connectivity index (χ3v) is 1.56. The predicted molar refractivity (Wildman–Crippen MR) is 41.0 cm³/mol. The molecule has 0 bridgehead atoms. The second-order valence-electron chi connectivity index (χ2n) is 2.56. The largest absolute Gasteiger partial charge is 0.425 e. The first-order chi connectivity index (χ1) is 5.13. The molecule has 1 aliphatic rings. The van der Waals surface area contributed by atoms with Crippen molar-refractivity contribution in [2.24, 2.45) is 0 Å². The molecule has 1 atom stereocenters. The third kappa shape index (κ3) is 9.58. The van der Waals surface area contributed by atoms with Gasteiger partial charge in [0.25, 0.3) is 0 Å². The van der Waals surface area contributed by atoms with Crippen LogP contribution < -0.4 is 5.32 Å². The van der Waals surface area contributed by atoms with Crippen LogP contribution in [0.2, 0.25) is 0 Å². The molecule has 1 saturated heterocycles. The van der Waals surface area contributed by atoms with Gasteiger partial charge in [-0.2, -0.15) is 0 Å². The van der Waals surface area contributed by atoms with Crippen molar-refractivity contribution >= 4 is 10.6 Å². The van der Waals surface area contributed by atoms with E-state index in [1.165, 1.54) is 25.8 Å². The average Bonchev–Trinajstić information content (AvgIpc) is 1.87. The van der Waals surface area contributed by atoms with Gasteiger partial charge in [0.05, 0.1) is 0 Å². The minimum absolute atomic E-state index is 0.786. The molecule has 66 valence electrons. The van der Waals surface area contributed by atoms with E-state index >= 15 is 0 Å². The molecule has 1 unspecified atom stereocenters. The Hall–Kier alpha value is -0.420. The molecular weight excluding hydrogens is 166 g/mol. The van der Waals surface area contributed by atoms with E-state index in [-0.39, 0.29) is 0 Å². The standard InChI is InChI=1S/C6H13N.O3S/c1-6-4-2-3-5-7-6;1-4(2)3/h6-7H,2-5H2,1H3;. The number of hydrogen-bond donors (Lipinski definition) is 1. The highest BCUT2D eigenvalue weighted by molar-refractivity contribution is 7.59. The Labute approximate surface area is 68.1 Å². The van der Waals surface area contributed by atoms with Crippen LogP contribution in [0.15, 0.2) is 0 Å². The predicted octanol–water partition coefficient (Wildman–Crippen LogP) is 0.144. The van der Waals surface area contributed by atoms with Crippen LogP contribution in [-0.2, 0) is 10.6 Å². The summed E-state index contributed by atoms with van der Waals surface area (Å²) < 4.78 is 25.3. The van der Waals surface area contributed by atoms with Crippen molar-refractivity contribution in [2.75, 3.05) is 6.54 Å². The summed E-state index contributed by atoms with van der Waals surface area (Å²) in [6.07, 6.45) is 4.18. The molecule has 1 rings (SSSR count). The van der Waals surface area contributed by atoms with Crippen molar-refractivity contribution in [1.29, 1.82) is 0 Å². The minimum atomic E-state index is -3.11. The lowest BCUT2D eigenvalue weighted by Gasteiger charge is -2.18. The first-order valence-electron chi connectivity index (χ1n) is 3.63. The second-order valence-corrected chi connectivity index (χ2v) is 2.96. The molecule has 0 aromatic heterocycles. The van der Waals surface area contributed by atoms with Crippen molar-refractivity contribution in [3.05, 3.63) is 0 Å². The normalized spacial score (nSPS) is 23.2. The fourth-order valence-electron chi connectivity index (χ4n) is 1.03. The highest BCUT2D eigenvalue weighted by atomic mass is 32.2. The Bertz CT molecular complexity index is 172. The lowest BCUT2D eigenvalue weighted by molar-refractivity contribution is 0.425. The summed E-state index contributed by atoms with van der Waals surface area (Å²) in [5.41, 5.74) is 0. The highest BCUT2D eigenvalue weighted by Crippen LogP contribution is 2.04. The lowest BCUT2D eigenvalue weighted by atomic mass is 10.1. The maximum atomic E-state index is 8.44. The van der Waals surface area contributed by atoms with E-state index in [9.17, 15) is 0 Å². The van der Waals surface area contributed by atoms with Crippen LogP contribution in [-0.4, -0.2) is 25.2 Å². The summed E-state index contributed by atoms with van der Waals surface area (Å²) in [4.78, 5) is 0. The van der Waals surface area contributed by atoms with Gasteiger partial charge in [0.15, 0.2) is 0 Å². The molecule has 1 N–H and O–H groups in total. The Morgan fingerprint density at radius 2 is 1.82 bits per heavy atom. The summed E-state index contributed by atoms with van der Waals surface area (Å²) in [6, 6.07) is 0.786. The summed E-state index contributed by atoms with van der Waals surface area (Å²) in [6.45, 7) is 3.49. The van der Waals surface area contributed by atoms with Gasteiger partial charge in [-0.15, -0.1) is 12.6 Å². The van der Waals surface area contributed by atoms with Crippen LogP contribution in [0, 0.1) is 0 Å². The minimum Gasteiger partial charge on any atom is -0.314 e. The zero-order chi connectivity index (χ0) is 8.69. The van der Waals surface area contributed by atoms with E-state index in [0.717, 1.165) is 6.04 Å². The van der Waals surface area contributed by atoms with Crippen molar-refractivity contribution in [3.63, 3.8) is 0 Å². The van der Waals surface area contributed by atoms with Gasteiger partial charge >= 0.3 is 10.6 Å². The summed E-state index contributed by atoms with van der Waals surface area (Å²) in [5, 5.41) is 3.38. The number of rotatable bonds is 0. The van der Waals surface area contributed by atoms with Crippen LogP contribution in [0.1, 0.15) is 26.2 Å². The molecule has 0 saturated carbocycles. The Morgan fingerprint density at radius 3 is 2.00 bits per heavy atom. The smallest absolute Gasteiger partial charge is 0.314 e. The number of hydrogen-bond acceptors (Lipinski definition) is 4. The van der Waals surface area contributed by atoms with E-state index in [1.54, 1.807) is 0 Å². The molecule has 5 heteroatoms. The quantitative estimate of drug-likeness (QED) is 0.574. The highest BCUT2D eigenvalue weighted by Gasteiger charge is 2.04. The molecule has 0 spiro atoms. The Kier molecular flexibility index (Phi) is 6.06. The van der Waals surface area contributed by atoms with Gasteiger partial charge in [-0.05, 0) is 26.3 Å². The van der Waals surface area contributed by atoms with Gasteiger partial charge in [0, 0.05) is 6.04 Å². The van der Waals surface area contributed by atoms with Crippen molar-refractivity contribution < 1.29 is 12.6 Å². The Balaban J connectivity index is 0.000000218. The molecule has 0 radical (unpaired) electrons. The molecule has 0 amide bonds. The maximum absolute atomic E-state index is 8.44. The van der Waals surface area contributed by atoms with Gasteiger partial charge in [-0.1, -0.05) is 6.42 Å². The van der Waals surface area contributed by atoms with Crippen LogP contribution >= 0.6 is 0 Å². The molecular formula is C6H13NO3S. The zero-order valence-corrected chi connectivity index (χ0v) is 7.36. The molecule has 11 heavy (non-hydrogen) atoms. The van der Waals surface area contributed by atoms with E-state index < -0.39 is 10.6 Å². The molecule has 0 aromatic carbocycles. The van der Waals surface area contributed by atoms with Crippen LogP contribution in [0.25, 0.3) is 0 Å². The summed E-state index contributed by atoms with van der Waals surface area (Å²) in [7, 11) is -3.11. The first-order valence-corrected chi connectivity index (χ1v) is 4.63. The maximum Gasteiger partial charge on any atom is 0.425 e. The molecule has 1 fully saturated rings. The first kappa shape index (κ1) is 10.6. The van der Waals surface area contributed by atoms with E-state index in [0.29, 0.717) is 0 Å². The zero-order valence-electron chi connectivity index (χ0n) is 6.54. The van der Waals surface area contributed by atoms with Gasteiger partial charge in [-0.25, -0.2) is 0 Å². The number of nitrogens with one attached hydrogen (secondary N) is 1. The fourth-order valence-corrected chi connectivity index (χ4v) is 1.03. The average molecular weight is 179 g/mol. The van der Waals surface area contributed by atoms with Gasteiger partial charge < -0.3 is 5.32 Å². The monoisotopic (exact) mass is 179 g/mol. The molecule has 1 heterocycles. The summed E-state index contributed by atoms with van der Waals surface area (Å²) >= 11 is 0. The van der Waals surface area contributed by atoms with Gasteiger partial charge in [-0.3, -0.25) is 0 Å². The van der Waals surface area contributed by atoms with Gasteiger partial charge in [0.1, 0.15) is 0 Å². The Morgan fingerprint density at radius 1 is 1.27 bits per heavy atom. The molecule has 0 aromatic rings. The topological polar surface area (TPSA) is 63.2 Å². The summed E-state index contributed by atoms with van der Waals surface area (Å²) in [5.74, 6) is 0. The van der Waals surface area contributed by atoms with E-state index in [2.05, 4.69) is 12.2 Å². The van der Waals surface area contributed by atoms with Crippen LogP contribution in [0.5, 0.6) is 0 Å². The second kappa shape index (κ2) is 6.30. The van der Waals surface area contributed by atoms with Crippen molar-refractivity contribution in [2.45, 2.75) is 32.2 Å². The number of piperidine rings is 1. The van der Waals surface area contributed by atoms with Crippen molar-refractivity contribution in [1.82, 2.24) is 5.32 Å². The van der Waals surface area contributed by atoms with Crippen LogP contribution in [0.3, 0.4) is 0 Å².